The second-order valence-electron chi connectivity index (χ2n) is 29.7. The molecule has 0 bridgehead atoms. The summed E-state index contributed by atoms with van der Waals surface area (Å²) in [7, 11) is 3.83. The third-order valence-electron chi connectivity index (χ3n) is 10.6. The van der Waals surface area contributed by atoms with Gasteiger partial charge in [0.1, 0.15) is 0 Å². The van der Waals surface area contributed by atoms with Gasteiger partial charge in [0, 0.05) is 47.0 Å². The normalized spacial score (nSPS) is 11.0. The molecular weight excluding hydrogens is 1080 g/mol. The first-order valence-electron chi connectivity index (χ1n) is 30.5. The molecule has 0 radical (unpaired) electrons. The van der Waals surface area contributed by atoms with Crippen molar-refractivity contribution in [3.05, 3.63) is 246 Å². The first-order chi connectivity index (χ1) is 40.5. The molecule has 0 amide bonds. The van der Waals surface area contributed by atoms with Crippen LogP contribution >= 0.6 is 0 Å². The predicted octanol–water partition coefficient (Wildman–Crippen LogP) is 24.9. The van der Waals surface area contributed by atoms with Crippen LogP contribution in [0.1, 0.15) is 221 Å². The highest BCUT2D eigenvalue weighted by molar-refractivity contribution is 5.24. The summed E-state index contributed by atoms with van der Waals surface area (Å²) < 4.78 is 23.6. The standard InChI is InChI=1S/3C10H14.2C9H13N.C7H14.C5H5N.2C5H12.C4H4O.2C2H3N.2CH3F/c3*1-10(2,3)9-7-5-4-6-8-9;2*1-9(2,3)8-6-4-5-7-10-8;1-7(2,3)6-4-5-6;1-2-4-6-5-3-1;2*1-5(2,3)4;1-2-4-5-3-1;2*1-3-2;2*1-2/h3*4-8H,1-3H3;2*4-7H,1-3H3;6H,4-5H2,1-3H3;1-5H;2*1-4H3;1-4H;2*1H3;2*1H3. The molecule has 3 aromatic carbocycles. The van der Waals surface area contributed by atoms with E-state index in [2.05, 4.69) is 312 Å². The molecule has 0 spiro atoms. The van der Waals surface area contributed by atoms with Gasteiger partial charge in [-0.2, -0.15) is 0 Å². The Bertz CT molecular complexity index is 2220. The van der Waals surface area contributed by atoms with Gasteiger partial charge < -0.3 is 14.1 Å². The molecule has 1 aliphatic carbocycles. The Morgan fingerprint density at radius 3 is 0.648 bits per heavy atom. The van der Waals surface area contributed by atoms with Gasteiger partial charge in [-0.05, 0) is 116 Å². The molecule has 4 heterocycles. The van der Waals surface area contributed by atoms with Gasteiger partial charge in [-0.25, -0.2) is 13.1 Å². The van der Waals surface area contributed by atoms with Crippen molar-refractivity contribution in [3.8, 4) is 0 Å². The molecule has 8 rings (SSSR count). The van der Waals surface area contributed by atoms with Crippen LogP contribution < -0.4 is 0 Å². The van der Waals surface area contributed by atoms with Crippen molar-refractivity contribution in [3.63, 3.8) is 0 Å². The number of hydrogen-bond donors (Lipinski definition) is 0. The minimum Gasteiger partial charge on any atom is -0.473 e. The van der Waals surface area contributed by atoms with Gasteiger partial charge in [0.15, 0.2) is 0 Å². The van der Waals surface area contributed by atoms with Crippen molar-refractivity contribution >= 4 is 0 Å². The zero-order valence-corrected chi connectivity index (χ0v) is 61.4. The van der Waals surface area contributed by atoms with Crippen molar-refractivity contribution < 1.29 is 13.2 Å². The van der Waals surface area contributed by atoms with Crippen LogP contribution in [0.4, 0.5) is 8.78 Å². The minimum atomic E-state index is 0.182. The van der Waals surface area contributed by atoms with Crippen LogP contribution in [-0.2, 0) is 27.1 Å². The third kappa shape index (κ3) is 70.0. The maximum atomic E-state index is 9.50. The fraction of sp³-hybridized carbons (Fsp3) is 0.512. The lowest BCUT2D eigenvalue weighted by molar-refractivity contribution is 0.351. The highest BCUT2D eigenvalue weighted by atomic mass is 19.1. The number of rotatable bonds is 0. The molecule has 0 N–H and O–H groups in total. The average molecular weight is 1210 g/mol. The number of furan rings is 1. The lowest BCUT2D eigenvalue weighted by Crippen LogP contribution is -2.12. The summed E-state index contributed by atoms with van der Waals surface area (Å²) in [4.78, 5) is 17.8. The number of pyridine rings is 3. The summed E-state index contributed by atoms with van der Waals surface area (Å²) in [5.74, 6) is 1.05. The van der Waals surface area contributed by atoms with E-state index in [0.717, 1.165) is 17.3 Å². The maximum Gasteiger partial charge on any atom is 0.205 e. The molecule has 0 saturated heterocycles. The molecule has 1 fully saturated rings. The van der Waals surface area contributed by atoms with Crippen LogP contribution in [0.5, 0.6) is 0 Å². The summed E-state index contributed by atoms with van der Waals surface area (Å²) in [5.41, 5.74) is 9.34. The van der Waals surface area contributed by atoms with Crippen LogP contribution in [0.25, 0.3) is 9.69 Å². The number of hydrogen-bond acceptors (Lipinski definition) is 4. The molecule has 0 atom stereocenters. The van der Waals surface area contributed by atoms with E-state index in [1.165, 1.54) is 43.6 Å². The summed E-state index contributed by atoms with van der Waals surface area (Å²) in [5, 5.41) is 0. The lowest BCUT2D eigenvalue weighted by atomic mass is 9.87. The number of nitrogens with zero attached hydrogens (tertiary/aromatic N) is 5. The largest absolute Gasteiger partial charge is 0.473 e. The van der Waals surface area contributed by atoms with Crippen LogP contribution in [0, 0.1) is 35.3 Å². The van der Waals surface area contributed by atoms with E-state index in [1.54, 1.807) is 24.9 Å². The molecule has 492 valence electrons. The van der Waals surface area contributed by atoms with Crippen molar-refractivity contribution in [1.82, 2.24) is 15.0 Å². The maximum absolute atomic E-state index is 9.50. The van der Waals surface area contributed by atoms with Gasteiger partial charge in [-0.3, -0.25) is 23.7 Å². The zero-order valence-electron chi connectivity index (χ0n) is 61.4. The van der Waals surface area contributed by atoms with Gasteiger partial charge in [-0.1, -0.05) is 289 Å². The summed E-state index contributed by atoms with van der Waals surface area (Å²) in [6, 6.07) is 53.1. The zero-order chi connectivity index (χ0) is 69.7. The number of aromatic nitrogens is 3. The second-order valence-corrected chi connectivity index (χ2v) is 29.7. The van der Waals surface area contributed by atoms with Crippen LogP contribution in [-0.4, -0.2) is 43.4 Å². The fourth-order valence-electron chi connectivity index (χ4n) is 5.92. The number of benzene rings is 3. The van der Waals surface area contributed by atoms with Crippen molar-refractivity contribution in [2.24, 2.45) is 22.2 Å². The van der Waals surface area contributed by atoms with E-state index in [0.29, 0.717) is 46.8 Å². The summed E-state index contributed by atoms with van der Waals surface area (Å²) in [6.45, 7) is 69.1. The molecule has 6 nitrogen and oxygen atoms in total. The van der Waals surface area contributed by atoms with Crippen LogP contribution in [0.15, 0.2) is 199 Å². The van der Waals surface area contributed by atoms with E-state index in [1.807, 2.05) is 67.0 Å². The average Bonchev–Trinajstić information content (AvgIpc) is 4.15. The number of alkyl halides is 2. The van der Waals surface area contributed by atoms with Crippen LogP contribution in [0.2, 0.25) is 0 Å². The molecule has 0 unspecified atom stereocenters. The van der Waals surface area contributed by atoms with Gasteiger partial charge in [0.25, 0.3) is 0 Å². The Morgan fingerprint density at radius 2 is 0.557 bits per heavy atom. The van der Waals surface area contributed by atoms with Crippen molar-refractivity contribution in [2.45, 2.75) is 220 Å². The van der Waals surface area contributed by atoms with E-state index >= 15 is 0 Å². The molecule has 0 aliphatic heterocycles. The van der Waals surface area contributed by atoms with E-state index in [4.69, 9.17) is 13.1 Å². The molecule has 88 heavy (non-hydrogen) atoms. The van der Waals surface area contributed by atoms with Crippen molar-refractivity contribution in [1.29, 1.82) is 0 Å². The highest BCUT2D eigenvalue weighted by Gasteiger charge is 2.33. The Morgan fingerprint density at radius 1 is 0.341 bits per heavy atom. The summed E-state index contributed by atoms with van der Waals surface area (Å²) in [6.07, 6.45) is 13.4. The molecule has 8 heteroatoms. The SMILES string of the molecule is CC(C)(C)C.CC(C)(C)C.CC(C)(C)C1CC1.CC(C)(C)c1ccccc1.CC(C)(C)c1ccccc1.CC(C)(C)c1ccccc1.CC(C)(C)c1ccccn1.CC(C)(C)c1ccccn1.CF.CF.[C-]#[N+]C.[C-]#[N+]C.c1ccncc1.c1ccoc1. The van der Waals surface area contributed by atoms with Gasteiger partial charge in [0.2, 0.25) is 14.1 Å². The molecular formula is C80H127F2N5O. The van der Waals surface area contributed by atoms with Gasteiger partial charge in [0.05, 0.1) is 26.9 Å². The molecule has 4 aromatic heterocycles. The topological polar surface area (TPSA) is 60.5 Å². The van der Waals surface area contributed by atoms with E-state index in [9.17, 15) is 8.78 Å². The monoisotopic (exact) mass is 1210 g/mol. The smallest absolute Gasteiger partial charge is 0.205 e. The highest BCUT2D eigenvalue weighted by Crippen LogP contribution is 2.44. The predicted molar refractivity (Wildman–Crippen MR) is 386 cm³/mol. The first kappa shape index (κ1) is 92.4. The molecule has 1 aliphatic rings. The van der Waals surface area contributed by atoms with E-state index < -0.39 is 0 Å². The first-order valence-corrected chi connectivity index (χ1v) is 30.5. The number of halogens is 2. The van der Waals surface area contributed by atoms with Gasteiger partial charge in [-0.15, -0.1) is 0 Å². The Hall–Kier alpha value is -6.77. The molecule has 1 saturated carbocycles. The summed E-state index contributed by atoms with van der Waals surface area (Å²) >= 11 is 0. The quantitative estimate of drug-likeness (QED) is 0.142. The second kappa shape index (κ2) is 51.1. The Kier molecular flexibility index (Phi) is 53.7. The van der Waals surface area contributed by atoms with Crippen molar-refractivity contribution in [2.75, 3.05) is 28.5 Å². The van der Waals surface area contributed by atoms with E-state index in [-0.39, 0.29) is 10.8 Å². The fourth-order valence-corrected chi connectivity index (χ4v) is 5.92. The Balaban J connectivity index is -0.000000211. The van der Waals surface area contributed by atoms with Crippen LogP contribution in [0.3, 0.4) is 0 Å². The van der Waals surface area contributed by atoms with Gasteiger partial charge >= 0.3 is 0 Å². The Labute approximate surface area is 542 Å². The minimum absolute atomic E-state index is 0.182. The molecule has 7 aromatic rings. The lowest BCUT2D eigenvalue weighted by Gasteiger charge is -2.18. The third-order valence-corrected chi connectivity index (χ3v) is 10.6.